The van der Waals surface area contributed by atoms with Crippen LogP contribution in [-0.4, -0.2) is 60.1 Å². The van der Waals surface area contributed by atoms with Crippen LogP contribution in [0, 0.1) is 23.7 Å². The monoisotopic (exact) mass is 542 g/mol. The first-order chi connectivity index (χ1) is 17.2. The lowest BCUT2D eigenvalue weighted by molar-refractivity contribution is -0.141. The summed E-state index contributed by atoms with van der Waals surface area (Å²) in [5.74, 6) is 1.64. The second-order valence-electron chi connectivity index (χ2n) is 12.3. The minimum absolute atomic E-state index is 0.0109. The molecule has 0 heterocycles. The first-order valence-electron chi connectivity index (χ1n) is 14.6. The fourth-order valence-electron chi connectivity index (χ4n) is 7.07. The van der Waals surface area contributed by atoms with Crippen molar-refractivity contribution < 1.29 is 18.0 Å². The molecule has 1 N–H and O–H groups in total. The van der Waals surface area contributed by atoms with E-state index in [1.807, 2.05) is 4.90 Å². The molecule has 0 aromatic heterocycles. The maximum absolute atomic E-state index is 13.5. The maximum atomic E-state index is 13.5. The quantitative estimate of drug-likeness (QED) is 0.412. The highest BCUT2D eigenvalue weighted by molar-refractivity contribution is 7.92. The van der Waals surface area contributed by atoms with Gasteiger partial charge in [-0.3, -0.25) is 9.59 Å². The topological polar surface area (TPSA) is 83.6 Å². The van der Waals surface area contributed by atoms with Crippen LogP contribution in [0.25, 0.3) is 0 Å². The van der Waals surface area contributed by atoms with Crippen molar-refractivity contribution in [3.63, 3.8) is 0 Å². The van der Waals surface area contributed by atoms with Gasteiger partial charge in [0.15, 0.2) is 9.84 Å². The zero-order chi connectivity index (χ0) is 25.9. The molecule has 5 unspecified atom stereocenters. The largest absolute Gasteiger partial charge is 0.353 e. The van der Waals surface area contributed by atoms with E-state index in [1.165, 1.54) is 0 Å². The number of alkyl halides is 1. The van der Waals surface area contributed by atoms with E-state index in [0.29, 0.717) is 37.5 Å². The van der Waals surface area contributed by atoms with Crippen molar-refractivity contribution in [1.29, 1.82) is 0 Å². The second-order valence-corrected chi connectivity index (χ2v) is 15.2. The van der Waals surface area contributed by atoms with Crippen LogP contribution in [0.2, 0.25) is 0 Å². The normalized spacial score (nSPS) is 35.7. The van der Waals surface area contributed by atoms with Gasteiger partial charge in [0.05, 0.1) is 16.4 Å². The fourth-order valence-corrected chi connectivity index (χ4v) is 9.74. The lowest BCUT2D eigenvalue weighted by Crippen LogP contribution is -2.51. The molecule has 4 aliphatic rings. The van der Waals surface area contributed by atoms with E-state index in [1.54, 1.807) is 0 Å². The number of carbonyl (C=O) groups is 2. The molecular formula is C28H47ClN2O4S. The van der Waals surface area contributed by atoms with Gasteiger partial charge in [0, 0.05) is 31.0 Å². The van der Waals surface area contributed by atoms with Crippen LogP contribution < -0.4 is 5.32 Å². The van der Waals surface area contributed by atoms with Crippen molar-refractivity contribution in [3.8, 4) is 0 Å². The third-order valence-electron chi connectivity index (χ3n) is 9.46. The van der Waals surface area contributed by atoms with Crippen LogP contribution in [-0.2, 0) is 19.4 Å². The van der Waals surface area contributed by atoms with Gasteiger partial charge in [0.1, 0.15) is 0 Å². The molecule has 4 fully saturated rings. The molecule has 0 spiro atoms. The molecule has 36 heavy (non-hydrogen) atoms. The Morgan fingerprint density at radius 3 is 2.19 bits per heavy atom. The minimum Gasteiger partial charge on any atom is -0.353 e. The Labute approximate surface area is 223 Å². The van der Waals surface area contributed by atoms with Crippen LogP contribution >= 0.6 is 11.6 Å². The van der Waals surface area contributed by atoms with Crippen molar-refractivity contribution in [2.24, 2.45) is 23.7 Å². The van der Waals surface area contributed by atoms with Crippen LogP contribution in [0.15, 0.2) is 0 Å². The summed E-state index contributed by atoms with van der Waals surface area (Å²) in [6.45, 7) is 4.92. The van der Waals surface area contributed by atoms with Gasteiger partial charge in [-0.2, -0.15) is 0 Å². The number of hydrogen-bond acceptors (Lipinski definition) is 4. The molecule has 0 aromatic carbocycles. The smallest absolute Gasteiger partial charge is 0.226 e. The van der Waals surface area contributed by atoms with E-state index in [0.717, 1.165) is 70.6 Å². The third kappa shape index (κ3) is 7.18. The SMILES string of the molecule is CCN(C(=O)C1CCC(NC(=O)CC2CCC(S(=O)(=O)CC3CC3)CC2)CC1C)C1CCCCC1Cl. The number of sulfone groups is 1. The second kappa shape index (κ2) is 12.4. The highest BCUT2D eigenvalue weighted by atomic mass is 35.5. The van der Waals surface area contributed by atoms with Crippen molar-refractivity contribution in [2.45, 2.75) is 126 Å². The summed E-state index contributed by atoms with van der Waals surface area (Å²) in [4.78, 5) is 28.3. The lowest BCUT2D eigenvalue weighted by Gasteiger charge is -2.41. The zero-order valence-electron chi connectivity index (χ0n) is 22.3. The molecule has 0 saturated heterocycles. The minimum atomic E-state index is -2.97. The molecule has 8 heteroatoms. The first-order valence-corrected chi connectivity index (χ1v) is 16.8. The van der Waals surface area contributed by atoms with Gasteiger partial charge in [-0.1, -0.05) is 19.8 Å². The number of amides is 2. The molecule has 206 valence electrons. The summed E-state index contributed by atoms with van der Waals surface area (Å²) in [7, 11) is -2.97. The van der Waals surface area contributed by atoms with E-state index in [-0.39, 0.29) is 52.3 Å². The summed E-state index contributed by atoms with van der Waals surface area (Å²) in [5.41, 5.74) is 0. The Hall–Kier alpha value is -0.820. The van der Waals surface area contributed by atoms with Crippen molar-refractivity contribution >= 4 is 33.3 Å². The Morgan fingerprint density at radius 2 is 1.58 bits per heavy atom. The average molecular weight is 543 g/mol. The van der Waals surface area contributed by atoms with E-state index < -0.39 is 9.84 Å². The van der Waals surface area contributed by atoms with Gasteiger partial charge in [-0.25, -0.2) is 8.42 Å². The summed E-state index contributed by atoms with van der Waals surface area (Å²) >= 11 is 6.62. The van der Waals surface area contributed by atoms with E-state index in [9.17, 15) is 18.0 Å². The number of hydrogen-bond donors (Lipinski definition) is 1. The number of nitrogens with one attached hydrogen (secondary N) is 1. The number of halogens is 1. The molecule has 0 radical (unpaired) electrons. The van der Waals surface area contributed by atoms with Gasteiger partial charge < -0.3 is 10.2 Å². The van der Waals surface area contributed by atoms with Crippen LogP contribution in [0.5, 0.6) is 0 Å². The molecule has 4 rings (SSSR count). The van der Waals surface area contributed by atoms with E-state index in [2.05, 4.69) is 19.2 Å². The van der Waals surface area contributed by atoms with Crippen molar-refractivity contribution in [1.82, 2.24) is 10.2 Å². The third-order valence-corrected chi connectivity index (χ3v) is 12.4. The summed E-state index contributed by atoms with van der Waals surface area (Å²) in [6, 6.07) is 0.277. The van der Waals surface area contributed by atoms with Gasteiger partial charge in [0.2, 0.25) is 11.8 Å². The highest BCUT2D eigenvalue weighted by Gasteiger charge is 2.39. The van der Waals surface area contributed by atoms with Gasteiger partial charge in [-0.15, -0.1) is 11.6 Å². The zero-order valence-corrected chi connectivity index (χ0v) is 23.9. The number of nitrogens with zero attached hydrogens (tertiary/aromatic N) is 1. The molecule has 0 bridgehead atoms. The molecule has 5 atom stereocenters. The molecule has 0 aliphatic heterocycles. The fraction of sp³-hybridized carbons (Fsp3) is 0.929. The Bertz CT molecular complexity index is 869. The molecule has 4 saturated carbocycles. The van der Waals surface area contributed by atoms with Crippen LogP contribution in [0.3, 0.4) is 0 Å². The number of rotatable bonds is 9. The number of carbonyl (C=O) groups excluding carboxylic acids is 2. The lowest BCUT2D eigenvalue weighted by atomic mass is 9.76. The molecule has 6 nitrogen and oxygen atoms in total. The van der Waals surface area contributed by atoms with Gasteiger partial charge in [0.25, 0.3) is 0 Å². The van der Waals surface area contributed by atoms with E-state index in [4.69, 9.17) is 11.6 Å². The predicted octanol–water partition coefficient (Wildman–Crippen LogP) is 5.08. The van der Waals surface area contributed by atoms with Crippen LogP contribution in [0.4, 0.5) is 0 Å². The van der Waals surface area contributed by atoms with Crippen molar-refractivity contribution in [2.75, 3.05) is 12.3 Å². The Balaban J connectivity index is 1.20. The summed E-state index contributed by atoms with van der Waals surface area (Å²) in [6.07, 6.45) is 12.5. The first kappa shape index (κ1) is 28.2. The Morgan fingerprint density at radius 1 is 0.917 bits per heavy atom. The summed E-state index contributed by atoms with van der Waals surface area (Å²) < 4.78 is 25.2. The standard InChI is InChI=1S/C28H47ClN2O4S/c1-3-31(26-7-5-4-6-25(26)29)28(33)24-15-12-22(16-19(24)2)30-27(32)17-20-10-13-23(14-11-20)36(34,35)18-21-8-9-21/h19-26H,3-18H2,1-2H3,(H,30,32). The van der Waals surface area contributed by atoms with Crippen LogP contribution in [0.1, 0.15) is 104 Å². The molecule has 0 aromatic rings. The molecule has 2 amide bonds. The van der Waals surface area contributed by atoms with Gasteiger partial charge in [-0.05, 0) is 95.3 Å². The Kier molecular flexibility index (Phi) is 9.68. The summed E-state index contributed by atoms with van der Waals surface area (Å²) in [5, 5.41) is 3.10. The maximum Gasteiger partial charge on any atom is 0.226 e. The predicted molar refractivity (Wildman–Crippen MR) is 145 cm³/mol. The van der Waals surface area contributed by atoms with E-state index >= 15 is 0 Å². The average Bonchev–Trinajstić information content (AvgIpc) is 3.64. The highest BCUT2D eigenvalue weighted by Crippen LogP contribution is 2.37. The molecule has 4 aliphatic carbocycles. The van der Waals surface area contributed by atoms with Crippen molar-refractivity contribution in [3.05, 3.63) is 0 Å². The molecular weight excluding hydrogens is 496 g/mol. The van der Waals surface area contributed by atoms with Gasteiger partial charge >= 0.3 is 0 Å².